The topological polar surface area (TPSA) is 47.6 Å². The Kier molecular flexibility index (Phi) is 6.40. The maximum absolute atomic E-state index is 13.7. The van der Waals surface area contributed by atoms with Crippen LogP contribution in [0.5, 0.6) is 5.75 Å². The number of benzene rings is 2. The van der Waals surface area contributed by atoms with E-state index < -0.39 is 0 Å². The van der Waals surface area contributed by atoms with Crippen LogP contribution in [0, 0.1) is 5.82 Å². The molecule has 0 aromatic heterocycles. The molecule has 0 saturated heterocycles. The summed E-state index contributed by atoms with van der Waals surface area (Å²) in [5.41, 5.74) is 1.43. The van der Waals surface area contributed by atoms with Crippen molar-refractivity contribution in [2.45, 2.75) is 30.1 Å². The van der Waals surface area contributed by atoms with E-state index in [0.29, 0.717) is 35.9 Å². The second-order valence-electron chi connectivity index (χ2n) is 5.90. The molecule has 0 aliphatic carbocycles. The summed E-state index contributed by atoms with van der Waals surface area (Å²) in [7, 11) is 0. The van der Waals surface area contributed by atoms with Crippen molar-refractivity contribution in [2.75, 3.05) is 13.3 Å². The van der Waals surface area contributed by atoms with Crippen LogP contribution in [0.3, 0.4) is 0 Å². The lowest BCUT2D eigenvalue weighted by Gasteiger charge is -2.21. The predicted molar refractivity (Wildman–Crippen MR) is 100 cm³/mol. The lowest BCUT2D eigenvalue weighted by molar-refractivity contribution is -0.120. The molecular formula is C19H19ClFNO3S. The van der Waals surface area contributed by atoms with Gasteiger partial charge in [0.15, 0.2) is 6.79 Å². The van der Waals surface area contributed by atoms with E-state index in [2.05, 4.69) is 5.32 Å². The van der Waals surface area contributed by atoms with Crippen molar-refractivity contribution in [3.63, 3.8) is 0 Å². The minimum Gasteiger partial charge on any atom is -0.467 e. The van der Waals surface area contributed by atoms with E-state index in [0.717, 1.165) is 10.5 Å². The fourth-order valence-electron chi connectivity index (χ4n) is 2.69. The average Bonchev–Trinajstić information content (AvgIpc) is 2.63. The molecule has 1 heterocycles. The average molecular weight is 396 g/mol. The van der Waals surface area contributed by atoms with Crippen LogP contribution in [0.25, 0.3) is 0 Å². The third-order valence-corrected chi connectivity index (χ3v) is 5.57. The number of amides is 1. The number of hydrogen-bond donors (Lipinski definition) is 1. The summed E-state index contributed by atoms with van der Waals surface area (Å²) in [6.45, 7) is 2.71. The molecule has 26 heavy (non-hydrogen) atoms. The van der Waals surface area contributed by atoms with Gasteiger partial charge in [-0.25, -0.2) is 4.39 Å². The molecule has 1 aliphatic heterocycles. The van der Waals surface area contributed by atoms with Crippen molar-refractivity contribution < 1.29 is 18.7 Å². The molecule has 1 amide bonds. The monoisotopic (exact) mass is 395 g/mol. The van der Waals surface area contributed by atoms with E-state index in [-0.39, 0.29) is 23.8 Å². The number of halogens is 2. The fourth-order valence-corrected chi connectivity index (χ4v) is 3.87. The van der Waals surface area contributed by atoms with Gasteiger partial charge in [0.2, 0.25) is 5.91 Å². The molecule has 0 radical (unpaired) electrons. The third-order valence-electron chi connectivity index (χ3n) is 3.95. The van der Waals surface area contributed by atoms with Crippen LogP contribution in [0.15, 0.2) is 41.3 Å². The van der Waals surface area contributed by atoms with Gasteiger partial charge in [-0.05, 0) is 43.2 Å². The van der Waals surface area contributed by atoms with Crippen LogP contribution >= 0.6 is 23.4 Å². The molecule has 0 saturated carbocycles. The second-order valence-corrected chi connectivity index (χ2v) is 7.69. The summed E-state index contributed by atoms with van der Waals surface area (Å²) in [4.78, 5) is 13.2. The van der Waals surface area contributed by atoms with Crippen LogP contribution in [-0.4, -0.2) is 24.5 Å². The third kappa shape index (κ3) is 4.69. The van der Waals surface area contributed by atoms with Crippen molar-refractivity contribution in [3.05, 3.63) is 58.4 Å². The van der Waals surface area contributed by atoms with E-state index >= 15 is 0 Å². The second kappa shape index (κ2) is 8.75. The SMILES string of the molecule is CC(Sc1ccccc1Cl)C(=O)NCCc1cc(F)cc2c1OCOC2. The summed E-state index contributed by atoms with van der Waals surface area (Å²) < 4.78 is 24.4. The summed E-state index contributed by atoms with van der Waals surface area (Å²) in [6, 6.07) is 10.3. The molecule has 1 N–H and O–H groups in total. The first-order valence-electron chi connectivity index (χ1n) is 8.25. The van der Waals surface area contributed by atoms with E-state index in [1.54, 1.807) is 6.07 Å². The Morgan fingerprint density at radius 3 is 3.00 bits per heavy atom. The highest BCUT2D eigenvalue weighted by molar-refractivity contribution is 8.00. The Labute approximate surface area is 161 Å². The zero-order chi connectivity index (χ0) is 18.5. The van der Waals surface area contributed by atoms with Crippen molar-refractivity contribution in [2.24, 2.45) is 0 Å². The number of thioether (sulfide) groups is 1. The molecule has 0 bridgehead atoms. The molecule has 1 atom stereocenters. The molecular weight excluding hydrogens is 377 g/mol. The number of rotatable bonds is 6. The highest BCUT2D eigenvalue weighted by Gasteiger charge is 2.18. The number of ether oxygens (including phenoxy) is 2. The lowest BCUT2D eigenvalue weighted by atomic mass is 10.1. The quantitative estimate of drug-likeness (QED) is 0.745. The molecule has 7 heteroatoms. The lowest BCUT2D eigenvalue weighted by Crippen LogP contribution is -2.32. The first kappa shape index (κ1) is 19.0. The first-order chi connectivity index (χ1) is 12.5. The van der Waals surface area contributed by atoms with E-state index in [1.807, 2.05) is 25.1 Å². The molecule has 138 valence electrons. The van der Waals surface area contributed by atoms with Crippen LogP contribution < -0.4 is 10.1 Å². The first-order valence-corrected chi connectivity index (χ1v) is 9.51. The summed E-state index contributed by atoms with van der Waals surface area (Å²) >= 11 is 7.53. The molecule has 1 aliphatic rings. The van der Waals surface area contributed by atoms with Crippen LogP contribution in [0.2, 0.25) is 5.02 Å². The van der Waals surface area contributed by atoms with Gasteiger partial charge in [-0.1, -0.05) is 23.7 Å². The zero-order valence-corrected chi connectivity index (χ0v) is 15.8. The van der Waals surface area contributed by atoms with Gasteiger partial charge in [0.1, 0.15) is 11.6 Å². The minimum atomic E-state index is -0.332. The highest BCUT2D eigenvalue weighted by Crippen LogP contribution is 2.31. The maximum Gasteiger partial charge on any atom is 0.233 e. The van der Waals surface area contributed by atoms with E-state index in [9.17, 15) is 9.18 Å². The van der Waals surface area contributed by atoms with E-state index in [1.165, 1.54) is 23.9 Å². The van der Waals surface area contributed by atoms with Gasteiger partial charge < -0.3 is 14.8 Å². The van der Waals surface area contributed by atoms with Crippen molar-refractivity contribution in [1.82, 2.24) is 5.32 Å². The standard InChI is InChI=1S/C19H19ClFNO3S/c1-12(26-17-5-3-2-4-16(17)20)19(23)22-7-6-13-8-15(21)9-14-10-24-11-25-18(13)14/h2-5,8-9,12H,6-7,10-11H2,1H3,(H,22,23). The normalized spacial score (nSPS) is 14.3. The highest BCUT2D eigenvalue weighted by atomic mass is 35.5. The molecule has 1 unspecified atom stereocenters. The Bertz CT molecular complexity index is 802. The van der Waals surface area contributed by atoms with Gasteiger partial charge in [0.25, 0.3) is 0 Å². The molecule has 2 aromatic carbocycles. The van der Waals surface area contributed by atoms with Gasteiger partial charge >= 0.3 is 0 Å². The largest absolute Gasteiger partial charge is 0.467 e. The number of carbonyl (C=O) groups is 1. The van der Waals surface area contributed by atoms with Gasteiger partial charge in [-0.3, -0.25) is 4.79 Å². The Morgan fingerprint density at radius 2 is 2.19 bits per heavy atom. The van der Waals surface area contributed by atoms with Gasteiger partial charge in [-0.2, -0.15) is 0 Å². The molecule has 0 fully saturated rings. The molecule has 4 nitrogen and oxygen atoms in total. The van der Waals surface area contributed by atoms with Crippen LogP contribution in [-0.2, 0) is 22.6 Å². The fraction of sp³-hybridized carbons (Fsp3) is 0.316. The smallest absolute Gasteiger partial charge is 0.233 e. The van der Waals surface area contributed by atoms with Crippen LogP contribution in [0.4, 0.5) is 4.39 Å². The van der Waals surface area contributed by atoms with Crippen molar-refractivity contribution in [3.8, 4) is 5.75 Å². The Hall–Kier alpha value is -1.76. The van der Waals surface area contributed by atoms with Crippen molar-refractivity contribution in [1.29, 1.82) is 0 Å². The van der Waals surface area contributed by atoms with E-state index in [4.69, 9.17) is 21.1 Å². The van der Waals surface area contributed by atoms with Crippen LogP contribution in [0.1, 0.15) is 18.1 Å². The van der Waals surface area contributed by atoms with Crippen molar-refractivity contribution >= 4 is 29.3 Å². The molecule has 0 spiro atoms. The van der Waals surface area contributed by atoms with Gasteiger partial charge in [0, 0.05) is 17.0 Å². The summed E-state index contributed by atoms with van der Waals surface area (Å²) in [5.74, 6) is 0.233. The minimum absolute atomic E-state index is 0.0931. The maximum atomic E-state index is 13.7. The molecule has 3 rings (SSSR count). The summed E-state index contributed by atoms with van der Waals surface area (Å²) in [6.07, 6.45) is 0.481. The van der Waals surface area contributed by atoms with Gasteiger partial charge in [0.05, 0.1) is 16.9 Å². The Morgan fingerprint density at radius 1 is 1.38 bits per heavy atom. The Balaban J connectivity index is 1.55. The zero-order valence-electron chi connectivity index (χ0n) is 14.3. The predicted octanol–water partition coefficient (Wildman–Crippen LogP) is 4.19. The number of hydrogen-bond acceptors (Lipinski definition) is 4. The number of carbonyl (C=O) groups excluding carboxylic acids is 1. The number of fused-ring (bicyclic) bond motifs is 1. The molecule has 2 aromatic rings. The van der Waals surface area contributed by atoms with Gasteiger partial charge in [-0.15, -0.1) is 11.8 Å². The summed E-state index contributed by atoms with van der Waals surface area (Å²) in [5, 5.41) is 3.22. The number of nitrogens with one attached hydrogen (secondary N) is 1.